The van der Waals surface area contributed by atoms with Crippen LogP contribution in [0.5, 0.6) is 11.5 Å². The SMILES string of the molecule is COc1ccc(C2C(CO)OCCN2C(=O)c2cc(C)nc(C)c2)cc1OC. The van der Waals surface area contributed by atoms with Gasteiger partial charge in [0.1, 0.15) is 6.10 Å². The lowest BCUT2D eigenvalue weighted by atomic mass is 9.96. The van der Waals surface area contributed by atoms with E-state index in [1.807, 2.05) is 26.0 Å². The number of pyridine rings is 1. The van der Waals surface area contributed by atoms with E-state index < -0.39 is 12.1 Å². The third kappa shape index (κ3) is 3.95. The molecule has 2 unspecified atom stereocenters. The van der Waals surface area contributed by atoms with Gasteiger partial charge in [0.2, 0.25) is 0 Å². The van der Waals surface area contributed by atoms with Crippen molar-refractivity contribution in [1.82, 2.24) is 9.88 Å². The highest BCUT2D eigenvalue weighted by atomic mass is 16.5. The number of benzene rings is 1. The smallest absolute Gasteiger partial charge is 0.254 e. The lowest BCUT2D eigenvalue weighted by Gasteiger charge is -2.41. The number of carbonyl (C=O) groups is 1. The van der Waals surface area contributed by atoms with E-state index in [1.54, 1.807) is 37.3 Å². The van der Waals surface area contributed by atoms with Crippen LogP contribution in [0, 0.1) is 13.8 Å². The number of hydrogen-bond acceptors (Lipinski definition) is 6. The maximum atomic E-state index is 13.3. The van der Waals surface area contributed by atoms with Crippen molar-refractivity contribution in [1.29, 1.82) is 0 Å². The fourth-order valence-corrected chi connectivity index (χ4v) is 3.67. The quantitative estimate of drug-likeness (QED) is 0.849. The molecule has 3 rings (SSSR count). The number of aliphatic hydroxyl groups excluding tert-OH is 1. The average molecular weight is 386 g/mol. The van der Waals surface area contributed by atoms with E-state index in [-0.39, 0.29) is 12.5 Å². The third-order valence-electron chi connectivity index (χ3n) is 4.87. The van der Waals surface area contributed by atoms with E-state index in [4.69, 9.17) is 14.2 Å². The summed E-state index contributed by atoms with van der Waals surface area (Å²) in [5.74, 6) is 1.04. The second-order valence-corrected chi connectivity index (χ2v) is 6.79. The van der Waals surface area contributed by atoms with Crippen molar-refractivity contribution < 1.29 is 24.1 Å². The number of methoxy groups -OCH3 is 2. The van der Waals surface area contributed by atoms with Crippen LogP contribution in [-0.4, -0.2) is 61.0 Å². The minimum atomic E-state index is -0.528. The van der Waals surface area contributed by atoms with Crippen LogP contribution in [-0.2, 0) is 4.74 Å². The van der Waals surface area contributed by atoms with E-state index in [1.165, 1.54) is 0 Å². The summed E-state index contributed by atoms with van der Waals surface area (Å²) in [6, 6.07) is 8.60. The van der Waals surface area contributed by atoms with Gasteiger partial charge in [-0.05, 0) is 43.7 Å². The summed E-state index contributed by atoms with van der Waals surface area (Å²) < 4.78 is 16.5. The van der Waals surface area contributed by atoms with Crippen LogP contribution in [0.15, 0.2) is 30.3 Å². The lowest BCUT2D eigenvalue weighted by molar-refractivity contribution is -0.0811. The van der Waals surface area contributed by atoms with Crippen LogP contribution in [0.25, 0.3) is 0 Å². The van der Waals surface area contributed by atoms with Gasteiger partial charge in [-0.15, -0.1) is 0 Å². The number of rotatable bonds is 5. The molecule has 2 atom stereocenters. The first kappa shape index (κ1) is 20.1. The molecule has 2 aromatic rings. The number of morpholine rings is 1. The van der Waals surface area contributed by atoms with Gasteiger partial charge in [0.05, 0.1) is 33.5 Å². The highest BCUT2D eigenvalue weighted by Gasteiger charge is 2.37. The predicted octanol–water partition coefficient (Wildman–Crippen LogP) is 2.29. The molecule has 28 heavy (non-hydrogen) atoms. The molecule has 0 radical (unpaired) electrons. The first-order chi connectivity index (χ1) is 13.5. The van der Waals surface area contributed by atoms with Gasteiger partial charge < -0.3 is 24.2 Å². The van der Waals surface area contributed by atoms with Crippen LogP contribution in [0.1, 0.15) is 33.4 Å². The highest BCUT2D eigenvalue weighted by molar-refractivity contribution is 5.94. The Hall–Kier alpha value is -2.64. The Morgan fingerprint density at radius 3 is 2.46 bits per heavy atom. The predicted molar refractivity (Wildman–Crippen MR) is 104 cm³/mol. The van der Waals surface area contributed by atoms with Crippen molar-refractivity contribution in [2.75, 3.05) is 34.0 Å². The zero-order chi connectivity index (χ0) is 20.3. The summed E-state index contributed by atoms with van der Waals surface area (Å²) in [6.45, 7) is 4.33. The molecule has 7 nitrogen and oxygen atoms in total. The van der Waals surface area contributed by atoms with E-state index >= 15 is 0 Å². The summed E-state index contributed by atoms with van der Waals surface area (Å²) >= 11 is 0. The Balaban J connectivity index is 2.02. The first-order valence-corrected chi connectivity index (χ1v) is 9.19. The van der Waals surface area contributed by atoms with Gasteiger partial charge in [0.15, 0.2) is 11.5 Å². The summed E-state index contributed by atoms with van der Waals surface area (Å²) in [4.78, 5) is 19.4. The Labute approximate surface area is 164 Å². The van der Waals surface area contributed by atoms with Crippen LogP contribution in [0.3, 0.4) is 0 Å². The standard InChI is InChI=1S/C21H26N2O5/c1-13-9-16(10-14(2)22-13)21(25)23-7-8-28-19(12-24)20(23)15-5-6-17(26-3)18(11-15)27-4/h5-6,9-11,19-20,24H,7-8,12H2,1-4H3. The van der Waals surface area contributed by atoms with Crippen molar-refractivity contribution in [3.8, 4) is 11.5 Å². The lowest BCUT2D eigenvalue weighted by Crippen LogP contribution is -2.49. The number of aliphatic hydroxyl groups is 1. The molecule has 0 spiro atoms. The Bertz CT molecular complexity index is 834. The Morgan fingerprint density at radius 2 is 1.86 bits per heavy atom. The summed E-state index contributed by atoms with van der Waals surface area (Å²) in [5, 5.41) is 9.88. The van der Waals surface area contributed by atoms with Crippen LogP contribution >= 0.6 is 0 Å². The number of hydrogen-bond donors (Lipinski definition) is 1. The van der Waals surface area contributed by atoms with Crippen LogP contribution in [0.4, 0.5) is 0 Å². The topological polar surface area (TPSA) is 81.1 Å². The van der Waals surface area contributed by atoms with Crippen molar-refractivity contribution in [3.05, 3.63) is 52.8 Å². The molecule has 1 aromatic heterocycles. The van der Waals surface area contributed by atoms with Crippen LogP contribution in [0.2, 0.25) is 0 Å². The van der Waals surface area contributed by atoms with Crippen LogP contribution < -0.4 is 9.47 Å². The van der Waals surface area contributed by atoms with Crippen molar-refractivity contribution >= 4 is 5.91 Å². The van der Waals surface area contributed by atoms with E-state index in [0.717, 1.165) is 17.0 Å². The number of aromatic nitrogens is 1. The molecule has 0 aliphatic carbocycles. The molecule has 0 saturated carbocycles. The van der Waals surface area contributed by atoms with Gasteiger partial charge in [-0.1, -0.05) is 6.07 Å². The third-order valence-corrected chi connectivity index (χ3v) is 4.87. The summed E-state index contributed by atoms with van der Waals surface area (Å²) in [5.41, 5.74) is 2.97. The monoisotopic (exact) mass is 386 g/mol. The number of nitrogens with zero attached hydrogens (tertiary/aromatic N) is 2. The molecule has 1 aliphatic heterocycles. The van der Waals surface area contributed by atoms with Gasteiger partial charge in [-0.25, -0.2) is 0 Å². The van der Waals surface area contributed by atoms with Crippen molar-refractivity contribution in [2.24, 2.45) is 0 Å². The van der Waals surface area contributed by atoms with Gasteiger partial charge >= 0.3 is 0 Å². The fourth-order valence-electron chi connectivity index (χ4n) is 3.67. The van der Waals surface area contributed by atoms with Crippen molar-refractivity contribution in [3.63, 3.8) is 0 Å². The van der Waals surface area contributed by atoms with Gasteiger partial charge in [0, 0.05) is 23.5 Å². The molecule has 1 aliphatic rings. The molecule has 1 saturated heterocycles. The minimum absolute atomic E-state index is 0.116. The highest BCUT2D eigenvalue weighted by Crippen LogP contribution is 2.36. The zero-order valence-electron chi connectivity index (χ0n) is 16.6. The van der Waals surface area contributed by atoms with E-state index in [9.17, 15) is 9.90 Å². The van der Waals surface area contributed by atoms with E-state index in [2.05, 4.69) is 4.98 Å². The Morgan fingerprint density at radius 1 is 1.18 bits per heavy atom. The minimum Gasteiger partial charge on any atom is -0.493 e. The number of ether oxygens (including phenoxy) is 3. The molecular weight excluding hydrogens is 360 g/mol. The number of amides is 1. The van der Waals surface area contributed by atoms with E-state index in [0.29, 0.717) is 30.2 Å². The molecule has 150 valence electrons. The molecule has 1 amide bonds. The average Bonchev–Trinajstić information content (AvgIpc) is 2.71. The second kappa shape index (κ2) is 8.58. The summed E-state index contributed by atoms with van der Waals surface area (Å²) in [6.07, 6.45) is -0.528. The summed E-state index contributed by atoms with van der Waals surface area (Å²) in [7, 11) is 3.13. The number of aryl methyl sites for hydroxylation is 2. The molecular formula is C21H26N2O5. The maximum absolute atomic E-state index is 13.3. The molecule has 1 aromatic carbocycles. The fraction of sp³-hybridized carbons (Fsp3) is 0.429. The van der Waals surface area contributed by atoms with Gasteiger partial charge in [-0.2, -0.15) is 0 Å². The zero-order valence-corrected chi connectivity index (χ0v) is 16.6. The van der Waals surface area contributed by atoms with Gasteiger partial charge in [-0.3, -0.25) is 9.78 Å². The molecule has 2 heterocycles. The molecule has 7 heteroatoms. The molecule has 1 N–H and O–H groups in total. The second-order valence-electron chi connectivity index (χ2n) is 6.79. The van der Waals surface area contributed by atoms with Crippen molar-refractivity contribution in [2.45, 2.75) is 26.0 Å². The maximum Gasteiger partial charge on any atom is 0.254 e. The normalized spacial score (nSPS) is 19.4. The largest absolute Gasteiger partial charge is 0.493 e. The Kier molecular flexibility index (Phi) is 6.16. The molecule has 1 fully saturated rings. The van der Waals surface area contributed by atoms with Gasteiger partial charge in [0.25, 0.3) is 5.91 Å². The first-order valence-electron chi connectivity index (χ1n) is 9.19. The number of carbonyl (C=O) groups excluding carboxylic acids is 1. The molecule has 0 bridgehead atoms.